The lowest BCUT2D eigenvalue weighted by molar-refractivity contribution is -0.0634. The van der Waals surface area contributed by atoms with Gasteiger partial charge in [-0.1, -0.05) is 6.07 Å². The summed E-state index contributed by atoms with van der Waals surface area (Å²) in [4.78, 5) is 19.6. The van der Waals surface area contributed by atoms with Crippen molar-refractivity contribution in [3.05, 3.63) is 29.6 Å². The van der Waals surface area contributed by atoms with Gasteiger partial charge in [0.25, 0.3) is 0 Å². The Morgan fingerprint density at radius 2 is 1.85 bits per heavy atom. The summed E-state index contributed by atoms with van der Waals surface area (Å²) in [5.41, 5.74) is 0.363. The third-order valence-corrected chi connectivity index (χ3v) is 6.19. The van der Waals surface area contributed by atoms with Gasteiger partial charge in [-0.3, -0.25) is 9.80 Å². The first-order valence-corrected chi connectivity index (χ1v) is 12.1. The van der Waals surface area contributed by atoms with E-state index >= 15 is 0 Å². The van der Waals surface area contributed by atoms with Gasteiger partial charge < -0.3 is 23.8 Å². The molecule has 0 N–H and O–H groups in total. The quantitative estimate of drug-likeness (QED) is 0.566. The maximum atomic E-state index is 13.9. The van der Waals surface area contributed by atoms with Gasteiger partial charge in [0, 0.05) is 52.9 Å². The second-order valence-electron chi connectivity index (χ2n) is 10.0. The molecule has 9 heteroatoms. The molecule has 0 saturated carbocycles. The lowest BCUT2D eigenvalue weighted by Crippen LogP contribution is -2.58. The number of carbonyl (C=O) groups excluding carboxylic acids is 1. The zero-order chi connectivity index (χ0) is 24.7. The normalized spacial score (nSPS) is 22.6. The van der Waals surface area contributed by atoms with Gasteiger partial charge in [-0.25, -0.2) is 9.18 Å². The SMILES string of the molecule is COC[C@@H]1CN(CCN2CCN(C(=O)OC(C)(C)C)[C@H](Cc3ccc(F)c(OC)c3)C2)CCO1. The molecule has 2 atom stereocenters. The molecular formula is C25H40FN3O5. The van der Waals surface area contributed by atoms with E-state index in [1.54, 1.807) is 19.2 Å². The number of morpholine rings is 1. The Morgan fingerprint density at radius 3 is 2.53 bits per heavy atom. The molecule has 3 rings (SSSR count). The van der Waals surface area contributed by atoms with E-state index in [9.17, 15) is 9.18 Å². The third kappa shape index (κ3) is 7.80. The summed E-state index contributed by atoms with van der Waals surface area (Å²) in [5, 5.41) is 0. The van der Waals surface area contributed by atoms with Crippen LogP contribution in [-0.2, 0) is 20.6 Å². The number of amides is 1. The van der Waals surface area contributed by atoms with E-state index in [-0.39, 0.29) is 24.0 Å². The van der Waals surface area contributed by atoms with Crippen LogP contribution < -0.4 is 4.74 Å². The van der Waals surface area contributed by atoms with Crippen molar-refractivity contribution >= 4 is 6.09 Å². The molecule has 2 aliphatic rings. The molecule has 0 aliphatic carbocycles. The van der Waals surface area contributed by atoms with Gasteiger partial charge in [0.1, 0.15) is 5.60 Å². The molecule has 2 saturated heterocycles. The average Bonchev–Trinajstić information content (AvgIpc) is 2.78. The molecular weight excluding hydrogens is 441 g/mol. The fourth-order valence-electron chi connectivity index (χ4n) is 4.51. The maximum Gasteiger partial charge on any atom is 0.410 e. The molecule has 2 fully saturated rings. The minimum absolute atomic E-state index is 0.0790. The Balaban J connectivity index is 1.65. The van der Waals surface area contributed by atoms with Crippen LogP contribution in [0.25, 0.3) is 0 Å². The first kappa shape index (κ1) is 26.7. The number of ether oxygens (including phenoxy) is 4. The van der Waals surface area contributed by atoms with Crippen LogP contribution in [0.3, 0.4) is 0 Å². The fourth-order valence-corrected chi connectivity index (χ4v) is 4.51. The van der Waals surface area contributed by atoms with Crippen LogP contribution in [-0.4, -0.2) is 112 Å². The predicted molar refractivity (Wildman–Crippen MR) is 128 cm³/mol. The summed E-state index contributed by atoms with van der Waals surface area (Å²) in [6.45, 7) is 12.7. The molecule has 2 aliphatic heterocycles. The van der Waals surface area contributed by atoms with E-state index in [1.165, 1.54) is 13.2 Å². The highest BCUT2D eigenvalue weighted by atomic mass is 19.1. The van der Waals surface area contributed by atoms with E-state index in [1.807, 2.05) is 25.7 Å². The number of benzene rings is 1. The number of halogens is 1. The second kappa shape index (κ2) is 12.2. The zero-order valence-electron chi connectivity index (χ0n) is 21.2. The van der Waals surface area contributed by atoms with Gasteiger partial charge in [0.15, 0.2) is 11.6 Å². The molecule has 8 nitrogen and oxygen atoms in total. The van der Waals surface area contributed by atoms with E-state index in [0.717, 1.165) is 51.4 Å². The number of rotatable bonds is 8. The standard InChI is InChI=1S/C25H40FN3O5/c1-25(2,3)34-24(30)29-11-10-27(8-9-28-12-13-33-21(17-28)18-31-4)16-20(29)14-19-6-7-22(26)23(15-19)32-5/h6-7,15,20-21H,8-14,16-18H2,1-5H3/t20-,21+/m1/s1. The first-order valence-electron chi connectivity index (χ1n) is 12.1. The summed E-state index contributed by atoms with van der Waals surface area (Å²) in [6, 6.07) is 4.81. The van der Waals surface area contributed by atoms with E-state index in [2.05, 4.69) is 9.80 Å². The van der Waals surface area contributed by atoms with Crippen molar-refractivity contribution in [3.63, 3.8) is 0 Å². The molecule has 192 valence electrons. The van der Waals surface area contributed by atoms with Gasteiger partial charge in [-0.05, 0) is 44.9 Å². The van der Waals surface area contributed by atoms with E-state index < -0.39 is 11.4 Å². The summed E-state index contributed by atoms with van der Waals surface area (Å²) < 4.78 is 35.8. The van der Waals surface area contributed by atoms with Crippen LogP contribution in [0.5, 0.6) is 5.75 Å². The number of carbonyl (C=O) groups is 1. The van der Waals surface area contributed by atoms with Gasteiger partial charge >= 0.3 is 6.09 Å². The van der Waals surface area contributed by atoms with E-state index in [4.69, 9.17) is 18.9 Å². The summed E-state index contributed by atoms with van der Waals surface area (Å²) >= 11 is 0. The Kier molecular flexibility index (Phi) is 9.53. The number of nitrogens with zero attached hydrogens (tertiary/aromatic N) is 3. The van der Waals surface area contributed by atoms with Crippen molar-refractivity contribution in [3.8, 4) is 5.75 Å². The topological polar surface area (TPSA) is 63.7 Å². The molecule has 1 aromatic carbocycles. The zero-order valence-corrected chi connectivity index (χ0v) is 21.2. The van der Waals surface area contributed by atoms with Gasteiger partial charge in [-0.15, -0.1) is 0 Å². The summed E-state index contributed by atoms with van der Waals surface area (Å²) in [5.74, 6) is -0.176. The lowest BCUT2D eigenvalue weighted by atomic mass is 10.0. The minimum atomic E-state index is -0.563. The van der Waals surface area contributed by atoms with Crippen molar-refractivity contribution in [2.45, 2.75) is 44.9 Å². The molecule has 0 radical (unpaired) electrons. The smallest absolute Gasteiger partial charge is 0.410 e. The number of piperazine rings is 1. The summed E-state index contributed by atoms with van der Waals surface area (Å²) in [7, 11) is 3.16. The van der Waals surface area contributed by atoms with Crippen molar-refractivity contribution in [1.82, 2.24) is 14.7 Å². The molecule has 34 heavy (non-hydrogen) atoms. The molecule has 2 heterocycles. The largest absolute Gasteiger partial charge is 0.494 e. The third-order valence-electron chi connectivity index (χ3n) is 6.19. The lowest BCUT2D eigenvalue weighted by Gasteiger charge is -2.42. The van der Waals surface area contributed by atoms with Crippen molar-refractivity contribution in [2.24, 2.45) is 0 Å². The highest BCUT2D eigenvalue weighted by molar-refractivity contribution is 5.69. The van der Waals surface area contributed by atoms with Crippen LogP contribution in [0.15, 0.2) is 18.2 Å². The number of hydrogen-bond acceptors (Lipinski definition) is 7. The molecule has 1 amide bonds. The van der Waals surface area contributed by atoms with Gasteiger partial charge in [0.05, 0.1) is 32.5 Å². The minimum Gasteiger partial charge on any atom is -0.494 e. The van der Waals surface area contributed by atoms with Crippen LogP contribution in [0.2, 0.25) is 0 Å². The second-order valence-corrected chi connectivity index (χ2v) is 10.0. The monoisotopic (exact) mass is 481 g/mol. The molecule has 0 spiro atoms. The van der Waals surface area contributed by atoms with Gasteiger partial charge in [-0.2, -0.15) is 0 Å². The Morgan fingerprint density at radius 1 is 1.12 bits per heavy atom. The summed E-state index contributed by atoms with van der Waals surface area (Å²) in [6.07, 6.45) is 0.408. The highest BCUT2D eigenvalue weighted by Crippen LogP contribution is 2.23. The Labute approximate surface area is 202 Å². The first-order chi connectivity index (χ1) is 16.2. The molecule has 0 bridgehead atoms. The highest BCUT2D eigenvalue weighted by Gasteiger charge is 2.34. The van der Waals surface area contributed by atoms with Crippen molar-refractivity contribution in [2.75, 3.05) is 73.2 Å². The van der Waals surface area contributed by atoms with Gasteiger partial charge in [0.2, 0.25) is 0 Å². The van der Waals surface area contributed by atoms with Crippen LogP contribution in [0.4, 0.5) is 9.18 Å². The Hall–Kier alpha value is -1.94. The van der Waals surface area contributed by atoms with Crippen LogP contribution >= 0.6 is 0 Å². The molecule has 1 aromatic rings. The maximum absolute atomic E-state index is 13.9. The fraction of sp³-hybridized carbons (Fsp3) is 0.720. The number of hydrogen-bond donors (Lipinski definition) is 0. The predicted octanol–water partition coefficient (Wildman–Crippen LogP) is 2.65. The van der Waals surface area contributed by atoms with Crippen LogP contribution in [0, 0.1) is 5.82 Å². The van der Waals surface area contributed by atoms with Crippen LogP contribution in [0.1, 0.15) is 26.3 Å². The van der Waals surface area contributed by atoms with Crippen molar-refractivity contribution < 1.29 is 28.1 Å². The molecule has 0 unspecified atom stereocenters. The van der Waals surface area contributed by atoms with Crippen molar-refractivity contribution in [1.29, 1.82) is 0 Å². The van der Waals surface area contributed by atoms with E-state index in [0.29, 0.717) is 19.6 Å². The number of methoxy groups -OCH3 is 2. The Bertz CT molecular complexity index is 801. The average molecular weight is 482 g/mol. The molecule has 0 aromatic heterocycles.